The Hall–Kier alpha value is -4.72. The number of carbonyl (C=O) groups excluding carboxylic acids is 1. The van der Waals surface area contributed by atoms with Gasteiger partial charge in [-0.2, -0.15) is 0 Å². The number of aliphatic carboxylic acids is 1. The zero-order valence-electron chi connectivity index (χ0n) is 25.0. The van der Waals surface area contributed by atoms with E-state index in [4.69, 9.17) is 21.1 Å². The van der Waals surface area contributed by atoms with Gasteiger partial charge in [0.25, 0.3) is 0 Å². The van der Waals surface area contributed by atoms with E-state index in [1.165, 1.54) is 0 Å². The fourth-order valence-corrected chi connectivity index (χ4v) is 5.91. The van der Waals surface area contributed by atoms with Crippen molar-refractivity contribution in [3.63, 3.8) is 0 Å². The number of nitrogens with zero attached hydrogens (tertiary/aromatic N) is 1. The molecule has 0 spiro atoms. The molecule has 5 rings (SSSR count). The Kier molecular flexibility index (Phi) is 10.8. The number of nitrogens with one attached hydrogen (secondary N) is 1. The maximum atomic E-state index is 14.0. The molecular formula is C37H35ClN2O5. The molecule has 230 valence electrons. The lowest BCUT2D eigenvalue weighted by Crippen LogP contribution is -2.34. The Labute approximate surface area is 268 Å². The first kappa shape index (κ1) is 31.7. The number of hydrogen-bond acceptors (Lipinski definition) is 6. The summed E-state index contributed by atoms with van der Waals surface area (Å²) in [6.07, 6.45) is 4.65. The van der Waals surface area contributed by atoms with Crippen LogP contribution in [0.25, 0.3) is 0 Å². The summed E-state index contributed by atoms with van der Waals surface area (Å²) in [6.45, 7) is 2.27. The topological polar surface area (TPSA) is 97.8 Å². The van der Waals surface area contributed by atoms with Gasteiger partial charge in [-0.25, -0.2) is 9.59 Å². The number of ether oxygens (including phenoxy) is 2. The van der Waals surface area contributed by atoms with E-state index >= 15 is 0 Å². The van der Waals surface area contributed by atoms with Crippen LogP contribution >= 0.6 is 11.6 Å². The second kappa shape index (κ2) is 15.3. The van der Waals surface area contributed by atoms with Crippen LogP contribution in [0.3, 0.4) is 0 Å². The van der Waals surface area contributed by atoms with Crippen LogP contribution in [-0.2, 0) is 25.5 Å². The molecule has 1 aliphatic rings. The lowest BCUT2D eigenvalue weighted by molar-refractivity contribution is -0.139. The Morgan fingerprint density at radius 3 is 2.18 bits per heavy atom. The summed E-state index contributed by atoms with van der Waals surface area (Å²) in [5.74, 6) is -2.64. The van der Waals surface area contributed by atoms with Crippen LogP contribution in [0.2, 0.25) is 5.02 Å². The fraction of sp³-hybridized carbons (Fsp3) is 0.216. The lowest BCUT2D eigenvalue weighted by Gasteiger charge is -2.31. The second-order valence-electron chi connectivity index (χ2n) is 10.8. The predicted octanol–water partition coefficient (Wildman–Crippen LogP) is 7.06. The number of rotatable bonds is 13. The van der Waals surface area contributed by atoms with Crippen LogP contribution in [-0.4, -0.2) is 41.8 Å². The van der Waals surface area contributed by atoms with E-state index in [1.807, 2.05) is 48.5 Å². The molecule has 45 heavy (non-hydrogen) atoms. The molecule has 0 aliphatic carbocycles. The highest BCUT2D eigenvalue weighted by atomic mass is 35.5. The van der Waals surface area contributed by atoms with Crippen LogP contribution in [0.5, 0.6) is 0 Å². The normalized spacial score (nSPS) is 14.8. The van der Waals surface area contributed by atoms with E-state index in [0.717, 1.165) is 16.7 Å². The molecule has 0 saturated carbocycles. The van der Waals surface area contributed by atoms with Crippen LogP contribution < -0.4 is 5.32 Å². The number of carboxylic acid groups (broad SMARTS) is 1. The smallest absolute Gasteiger partial charge is 0.336 e. The van der Waals surface area contributed by atoms with Gasteiger partial charge in [0.15, 0.2) is 0 Å². The van der Waals surface area contributed by atoms with Gasteiger partial charge in [0.2, 0.25) is 0 Å². The van der Waals surface area contributed by atoms with E-state index in [0.29, 0.717) is 41.4 Å². The average molecular weight is 623 g/mol. The minimum atomic E-state index is -1.14. The third-order valence-corrected chi connectivity index (χ3v) is 8.09. The minimum Gasteiger partial charge on any atom is -0.478 e. The second-order valence-corrected chi connectivity index (χ2v) is 11.2. The van der Waals surface area contributed by atoms with Crippen molar-refractivity contribution in [1.82, 2.24) is 10.3 Å². The molecule has 2 N–H and O–H groups in total. The molecule has 0 radical (unpaired) electrons. The van der Waals surface area contributed by atoms with Crippen molar-refractivity contribution in [1.29, 1.82) is 0 Å². The maximum Gasteiger partial charge on any atom is 0.336 e. The van der Waals surface area contributed by atoms with Crippen LogP contribution in [0.15, 0.2) is 132 Å². The summed E-state index contributed by atoms with van der Waals surface area (Å²) >= 11 is 6.35. The SMILES string of the molecule is CC1=C(C(=O)O)C(c2cccc(Cl)c2)C(C(=O)OCCC(c2ccccc2)c2ccccc2)=C(COCCc2ccncc2)N1. The molecule has 2 heterocycles. The molecular weight excluding hydrogens is 588 g/mol. The highest BCUT2D eigenvalue weighted by Gasteiger charge is 2.38. The van der Waals surface area contributed by atoms with Gasteiger partial charge in [-0.05, 0) is 66.3 Å². The molecule has 4 aromatic rings. The molecule has 7 nitrogen and oxygen atoms in total. The number of carbonyl (C=O) groups is 2. The molecule has 1 aromatic heterocycles. The van der Waals surface area contributed by atoms with Gasteiger partial charge in [-0.15, -0.1) is 0 Å². The van der Waals surface area contributed by atoms with E-state index in [-0.39, 0.29) is 30.3 Å². The Bertz CT molecular complexity index is 1630. The number of aromatic nitrogens is 1. The van der Waals surface area contributed by atoms with E-state index < -0.39 is 17.9 Å². The van der Waals surface area contributed by atoms with Crippen molar-refractivity contribution in [2.45, 2.75) is 31.6 Å². The van der Waals surface area contributed by atoms with Gasteiger partial charge in [0.1, 0.15) is 0 Å². The largest absolute Gasteiger partial charge is 0.478 e. The number of pyridine rings is 1. The third-order valence-electron chi connectivity index (χ3n) is 7.85. The first-order valence-electron chi connectivity index (χ1n) is 14.9. The Balaban J connectivity index is 1.42. The number of halogens is 1. The third kappa shape index (κ3) is 8.06. The molecule has 0 amide bonds. The standard InChI is InChI=1S/C37H35ClN2O5/c1-25-33(36(41)42)34(29-13-8-14-30(38)23-29)35(32(40-25)24-44-21-17-26-15-19-39-20-16-26)37(43)45-22-18-31(27-9-4-2-5-10-27)28-11-6-3-7-12-28/h2-16,19-20,23,31,34,40H,17-18,21-22,24H2,1H3,(H,41,42). The summed E-state index contributed by atoms with van der Waals surface area (Å²) < 4.78 is 12.0. The summed E-state index contributed by atoms with van der Waals surface area (Å²) in [5, 5.41) is 13.9. The molecule has 8 heteroatoms. The highest BCUT2D eigenvalue weighted by molar-refractivity contribution is 6.30. The molecule has 3 aromatic carbocycles. The molecule has 1 atom stereocenters. The number of hydrogen-bond donors (Lipinski definition) is 2. The summed E-state index contributed by atoms with van der Waals surface area (Å²) in [7, 11) is 0. The Morgan fingerprint density at radius 1 is 0.889 bits per heavy atom. The van der Waals surface area contributed by atoms with E-state index in [1.54, 1.807) is 43.6 Å². The van der Waals surface area contributed by atoms with E-state index in [9.17, 15) is 14.7 Å². The summed E-state index contributed by atoms with van der Waals surface area (Å²) in [6, 6.07) is 30.9. The first-order valence-corrected chi connectivity index (χ1v) is 15.2. The predicted molar refractivity (Wildman–Crippen MR) is 174 cm³/mol. The minimum absolute atomic E-state index is 0.00935. The first-order chi connectivity index (χ1) is 21.9. The molecule has 1 unspecified atom stereocenters. The molecule has 0 saturated heterocycles. The van der Waals surface area contributed by atoms with Crippen molar-refractivity contribution in [2.24, 2.45) is 0 Å². The molecule has 0 bridgehead atoms. The van der Waals surface area contributed by atoms with Gasteiger partial charge in [-0.3, -0.25) is 4.98 Å². The lowest BCUT2D eigenvalue weighted by atomic mass is 9.80. The monoisotopic (exact) mass is 622 g/mol. The molecule has 0 fully saturated rings. The van der Waals surface area contributed by atoms with E-state index in [2.05, 4.69) is 34.6 Å². The summed E-state index contributed by atoms with van der Waals surface area (Å²) in [5.41, 5.74) is 5.01. The summed E-state index contributed by atoms with van der Waals surface area (Å²) in [4.78, 5) is 30.7. The van der Waals surface area contributed by atoms with Gasteiger partial charge in [0, 0.05) is 29.0 Å². The van der Waals surface area contributed by atoms with Crippen LogP contribution in [0, 0.1) is 0 Å². The van der Waals surface area contributed by atoms with Crippen LogP contribution in [0.1, 0.15) is 47.4 Å². The number of benzene rings is 3. The van der Waals surface area contributed by atoms with Gasteiger partial charge in [0.05, 0.1) is 42.6 Å². The van der Waals surface area contributed by atoms with Gasteiger partial charge in [-0.1, -0.05) is 84.4 Å². The zero-order valence-corrected chi connectivity index (χ0v) is 25.7. The number of allylic oxidation sites excluding steroid dienone is 1. The average Bonchev–Trinajstić information content (AvgIpc) is 3.05. The molecule has 1 aliphatic heterocycles. The zero-order chi connectivity index (χ0) is 31.6. The van der Waals surface area contributed by atoms with Crippen molar-refractivity contribution in [2.75, 3.05) is 19.8 Å². The Morgan fingerprint density at radius 2 is 1.56 bits per heavy atom. The quantitative estimate of drug-likeness (QED) is 0.122. The number of carboxylic acids is 1. The number of dihydropyridines is 1. The van der Waals surface area contributed by atoms with Crippen LogP contribution in [0.4, 0.5) is 0 Å². The van der Waals surface area contributed by atoms with Crippen molar-refractivity contribution in [3.8, 4) is 0 Å². The van der Waals surface area contributed by atoms with Crippen molar-refractivity contribution in [3.05, 3.63) is 159 Å². The highest BCUT2D eigenvalue weighted by Crippen LogP contribution is 2.40. The maximum absolute atomic E-state index is 14.0. The van der Waals surface area contributed by atoms with Gasteiger partial charge >= 0.3 is 11.9 Å². The number of esters is 1. The van der Waals surface area contributed by atoms with Crippen molar-refractivity contribution >= 4 is 23.5 Å². The fourth-order valence-electron chi connectivity index (χ4n) is 5.71. The van der Waals surface area contributed by atoms with Crippen molar-refractivity contribution < 1.29 is 24.2 Å². The van der Waals surface area contributed by atoms with Gasteiger partial charge < -0.3 is 19.9 Å².